The van der Waals surface area contributed by atoms with E-state index in [-0.39, 0.29) is 52.2 Å². The monoisotopic (exact) mass is 456 g/mol. The first-order chi connectivity index (χ1) is 14.1. The average molecular weight is 457 g/mol. The third-order valence-electron chi connectivity index (χ3n) is 4.61. The van der Waals surface area contributed by atoms with Gasteiger partial charge in [0.2, 0.25) is 10.0 Å². The van der Waals surface area contributed by atoms with Crippen LogP contribution < -0.4 is 10.1 Å². The highest BCUT2D eigenvalue weighted by atomic mass is 35.5. The van der Waals surface area contributed by atoms with E-state index in [1.165, 1.54) is 41.7 Å². The second kappa shape index (κ2) is 8.89. The highest BCUT2D eigenvalue weighted by molar-refractivity contribution is 7.89. The van der Waals surface area contributed by atoms with Gasteiger partial charge in [-0.05, 0) is 44.2 Å². The fourth-order valence-corrected chi connectivity index (χ4v) is 5.35. The maximum atomic E-state index is 13.9. The molecule has 1 saturated heterocycles. The predicted octanol–water partition coefficient (Wildman–Crippen LogP) is 3.54. The lowest BCUT2D eigenvalue weighted by atomic mass is 10.2. The van der Waals surface area contributed by atoms with Crippen molar-refractivity contribution in [2.75, 3.05) is 25.5 Å². The third kappa shape index (κ3) is 4.75. The molecule has 30 heavy (non-hydrogen) atoms. The summed E-state index contributed by atoms with van der Waals surface area (Å²) >= 11 is 6.16. The number of methoxy groups -OCH3 is 1. The van der Waals surface area contributed by atoms with Crippen LogP contribution in [0.2, 0.25) is 5.02 Å². The maximum absolute atomic E-state index is 13.9. The van der Waals surface area contributed by atoms with Crippen molar-refractivity contribution in [1.29, 1.82) is 0 Å². The van der Waals surface area contributed by atoms with Crippen LogP contribution in [0.25, 0.3) is 0 Å². The second-order valence-corrected chi connectivity index (χ2v) is 9.34. The molecule has 1 aliphatic heterocycles. The molecule has 2 aromatic carbocycles. The summed E-state index contributed by atoms with van der Waals surface area (Å²) in [5.74, 6) is -1.19. The molecule has 1 N–H and O–H groups in total. The summed E-state index contributed by atoms with van der Waals surface area (Å²) in [6.45, 7) is 3.95. The van der Waals surface area contributed by atoms with Crippen molar-refractivity contribution in [3.05, 3.63) is 52.8 Å². The Balaban J connectivity index is 1.87. The van der Waals surface area contributed by atoms with Crippen LogP contribution in [0.3, 0.4) is 0 Å². The molecule has 0 saturated carbocycles. The molecule has 1 heterocycles. The van der Waals surface area contributed by atoms with Crippen LogP contribution in [0.5, 0.6) is 5.75 Å². The highest BCUT2D eigenvalue weighted by Crippen LogP contribution is 2.29. The van der Waals surface area contributed by atoms with Gasteiger partial charge >= 0.3 is 0 Å². The van der Waals surface area contributed by atoms with Crippen molar-refractivity contribution in [2.24, 2.45) is 0 Å². The third-order valence-corrected chi connectivity index (χ3v) is 6.92. The standard InChI is InChI=1S/C20H22ClFN2O5S/c1-12-10-24(11-13(2)29-12)30(26,27)19-8-14(4-6-16(19)21)20(25)23-15-5-7-18(28-3)17(22)9-15/h4-9,12-13H,10-11H2,1-3H3,(H,23,25). The zero-order chi connectivity index (χ0) is 22.1. The summed E-state index contributed by atoms with van der Waals surface area (Å²) in [5.41, 5.74) is 0.275. The fourth-order valence-electron chi connectivity index (χ4n) is 3.26. The molecule has 10 heteroatoms. The number of nitrogens with zero attached hydrogens (tertiary/aromatic N) is 1. The van der Waals surface area contributed by atoms with E-state index in [9.17, 15) is 17.6 Å². The fraction of sp³-hybridized carbons (Fsp3) is 0.350. The van der Waals surface area contributed by atoms with Crippen molar-refractivity contribution >= 4 is 33.2 Å². The Morgan fingerprint density at radius 1 is 1.20 bits per heavy atom. The normalized spacial score (nSPS) is 20.0. The molecule has 0 bridgehead atoms. The SMILES string of the molecule is COc1ccc(NC(=O)c2ccc(Cl)c(S(=O)(=O)N3CC(C)OC(C)C3)c2)cc1F. The topological polar surface area (TPSA) is 84.9 Å². The Labute approximate surface area is 179 Å². The number of sulfonamides is 1. The average Bonchev–Trinajstić information content (AvgIpc) is 2.67. The molecule has 1 aliphatic rings. The molecule has 162 valence electrons. The zero-order valence-electron chi connectivity index (χ0n) is 16.7. The number of rotatable bonds is 5. The molecular formula is C20H22ClFN2O5S. The number of carbonyl (C=O) groups excluding carboxylic acids is 1. The van der Waals surface area contributed by atoms with E-state index in [1.807, 2.05) is 0 Å². The summed E-state index contributed by atoms with van der Waals surface area (Å²) in [6, 6.07) is 7.94. The number of halogens is 2. The summed E-state index contributed by atoms with van der Waals surface area (Å²) in [6.07, 6.45) is -0.530. The molecule has 1 amide bonds. The van der Waals surface area contributed by atoms with Gasteiger partial charge in [0.1, 0.15) is 4.90 Å². The number of anilines is 1. The second-order valence-electron chi connectivity index (χ2n) is 7.03. The lowest BCUT2D eigenvalue weighted by Crippen LogP contribution is -2.48. The minimum atomic E-state index is -3.94. The first-order valence-electron chi connectivity index (χ1n) is 9.22. The predicted molar refractivity (Wildman–Crippen MR) is 111 cm³/mol. The van der Waals surface area contributed by atoms with Gasteiger partial charge in [-0.2, -0.15) is 4.31 Å². The number of amides is 1. The Morgan fingerprint density at radius 3 is 2.47 bits per heavy atom. The summed E-state index contributed by atoms with van der Waals surface area (Å²) < 4.78 is 51.9. The van der Waals surface area contributed by atoms with E-state index >= 15 is 0 Å². The van der Waals surface area contributed by atoms with Crippen LogP contribution in [0, 0.1) is 5.82 Å². The van der Waals surface area contributed by atoms with Crippen LogP contribution in [0.4, 0.5) is 10.1 Å². The molecular weight excluding hydrogens is 435 g/mol. The Morgan fingerprint density at radius 2 is 1.87 bits per heavy atom. The maximum Gasteiger partial charge on any atom is 0.255 e. The van der Waals surface area contributed by atoms with Gasteiger partial charge in [0.25, 0.3) is 5.91 Å². The van der Waals surface area contributed by atoms with E-state index in [0.29, 0.717) is 0 Å². The molecule has 0 aromatic heterocycles. The van der Waals surface area contributed by atoms with E-state index in [0.717, 1.165) is 6.07 Å². The van der Waals surface area contributed by atoms with Crippen LogP contribution in [0.1, 0.15) is 24.2 Å². The summed E-state index contributed by atoms with van der Waals surface area (Å²) in [4.78, 5) is 12.4. The minimum Gasteiger partial charge on any atom is -0.494 e. The van der Waals surface area contributed by atoms with Gasteiger partial charge in [-0.15, -0.1) is 0 Å². The first kappa shape index (κ1) is 22.5. The number of benzene rings is 2. The number of ether oxygens (including phenoxy) is 2. The van der Waals surface area contributed by atoms with Crippen LogP contribution in [0.15, 0.2) is 41.3 Å². The summed E-state index contributed by atoms with van der Waals surface area (Å²) in [5, 5.41) is 2.54. The van der Waals surface area contributed by atoms with Gasteiger partial charge in [-0.3, -0.25) is 4.79 Å². The van der Waals surface area contributed by atoms with Crippen molar-refractivity contribution in [1.82, 2.24) is 4.31 Å². The zero-order valence-corrected chi connectivity index (χ0v) is 18.3. The number of carbonyl (C=O) groups is 1. The first-order valence-corrected chi connectivity index (χ1v) is 11.0. The summed E-state index contributed by atoms with van der Waals surface area (Å²) in [7, 11) is -2.60. The van der Waals surface area contributed by atoms with E-state index < -0.39 is 21.7 Å². The van der Waals surface area contributed by atoms with Crippen LogP contribution in [-0.4, -0.2) is 51.0 Å². The molecule has 2 atom stereocenters. The number of hydrogen-bond donors (Lipinski definition) is 1. The lowest BCUT2D eigenvalue weighted by Gasteiger charge is -2.34. The number of hydrogen-bond acceptors (Lipinski definition) is 5. The van der Waals surface area contributed by atoms with E-state index in [2.05, 4.69) is 5.32 Å². The number of morpholine rings is 1. The van der Waals surface area contributed by atoms with Gasteiger partial charge in [-0.25, -0.2) is 12.8 Å². The van der Waals surface area contributed by atoms with Gasteiger partial charge in [0.05, 0.1) is 24.3 Å². The molecule has 3 rings (SSSR count). The van der Waals surface area contributed by atoms with Crippen molar-refractivity contribution < 1.29 is 27.1 Å². The molecule has 1 fully saturated rings. The Kier molecular flexibility index (Phi) is 6.66. The molecule has 2 unspecified atom stereocenters. The molecule has 2 aromatic rings. The Bertz CT molecular complexity index is 1050. The highest BCUT2D eigenvalue weighted by Gasteiger charge is 2.33. The largest absolute Gasteiger partial charge is 0.494 e. The minimum absolute atomic E-state index is 0.00819. The smallest absolute Gasteiger partial charge is 0.255 e. The van der Waals surface area contributed by atoms with Gasteiger partial charge in [0, 0.05) is 30.4 Å². The quantitative estimate of drug-likeness (QED) is 0.743. The molecule has 7 nitrogen and oxygen atoms in total. The van der Waals surface area contributed by atoms with Crippen molar-refractivity contribution in [3.63, 3.8) is 0 Å². The Hall–Kier alpha value is -2.20. The van der Waals surface area contributed by atoms with Gasteiger partial charge in [0.15, 0.2) is 11.6 Å². The lowest BCUT2D eigenvalue weighted by molar-refractivity contribution is -0.0440. The van der Waals surface area contributed by atoms with E-state index in [1.54, 1.807) is 13.8 Å². The molecule has 0 aliphatic carbocycles. The van der Waals surface area contributed by atoms with Crippen LogP contribution >= 0.6 is 11.6 Å². The van der Waals surface area contributed by atoms with Gasteiger partial charge in [-0.1, -0.05) is 11.6 Å². The molecule has 0 spiro atoms. The van der Waals surface area contributed by atoms with Gasteiger partial charge < -0.3 is 14.8 Å². The molecule has 0 radical (unpaired) electrons. The van der Waals surface area contributed by atoms with E-state index in [4.69, 9.17) is 21.1 Å². The van der Waals surface area contributed by atoms with Crippen molar-refractivity contribution in [3.8, 4) is 5.75 Å². The number of nitrogens with one attached hydrogen (secondary N) is 1. The van der Waals surface area contributed by atoms with Crippen LogP contribution in [-0.2, 0) is 14.8 Å². The van der Waals surface area contributed by atoms with Crippen molar-refractivity contribution in [2.45, 2.75) is 31.0 Å².